The number of nitrogens with one attached hydrogen (secondary N) is 3. The fourth-order valence-electron chi connectivity index (χ4n) is 4.25. The molecule has 1 aliphatic rings. The van der Waals surface area contributed by atoms with E-state index in [1.165, 1.54) is 0 Å². The first kappa shape index (κ1) is 83.0. The molecule has 29 heteroatoms. The van der Waals surface area contributed by atoms with Crippen molar-refractivity contribution in [1.29, 1.82) is 0 Å². The number of H-pyrrole nitrogens is 1. The number of aromatic nitrogens is 4. The van der Waals surface area contributed by atoms with Crippen LogP contribution in [0.25, 0.3) is 0 Å². The smallest absolute Gasteiger partial charge is 1.00 e. The summed E-state index contributed by atoms with van der Waals surface area (Å²) in [5.74, 6) is 0.776. The van der Waals surface area contributed by atoms with Gasteiger partial charge in [0.2, 0.25) is 0 Å². The van der Waals surface area contributed by atoms with Crippen LogP contribution in [-0.4, -0.2) is 140 Å². The van der Waals surface area contributed by atoms with Crippen molar-refractivity contribution in [3.05, 3.63) is 115 Å². The summed E-state index contributed by atoms with van der Waals surface area (Å²) in [7, 11) is 1.64. The maximum atomic E-state index is 10.7. The van der Waals surface area contributed by atoms with E-state index in [9.17, 15) is 38.4 Å². The summed E-state index contributed by atoms with van der Waals surface area (Å²) in [6, 6.07) is 12.5. The third-order valence-electron chi connectivity index (χ3n) is 6.68. The maximum Gasteiger partial charge on any atom is 1.00 e. The number of aldehydes is 6. The van der Waals surface area contributed by atoms with Crippen LogP contribution in [0, 0.1) is 13.8 Å². The summed E-state index contributed by atoms with van der Waals surface area (Å²) in [6.07, 6.45) is 7.00. The van der Waals surface area contributed by atoms with Crippen LogP contribution in [0.1, 0.15) is 86.9 Å². The van der Waals surface area contributed by atoms with Gasteiger partial charge in [-0.15, -0.1) is 0 Å². The van der Waals surface area contributed by atoms with Gasteiger partial charge in [0.1, 0.15) is 28.5 Å². The molecule has 2 bridgehead atoms. The molecule has 0 aromatic carbocycles. The monoisotopic (exact) mass is 1510 g/mol. The molecule has 0 unspecified atom stereocenters. The largest absolute Gasteiger partial charge is 1.00 e. The molecule has 70 heavy (non-hydrogen) atoms. The number of hydrogen-bond acceptors (Lipinski definition) is 21. The number of aryl methyl sites for hydroxylation is 2. The number of ether oxygens (including phenoxy) is 1. The summed E-state index contributed by atoms with van der Waals surface area (Å²) >= 11 is 5.10. The molecule has 22 nitrogen and oxygen atoms in total. The number of carbonyl (C=O) groups excluding carboxylic acids is 8. The Morgan fingerprint density at radius 3 is 1.31 bits per heavy atom. The summed E-state index contributed by atoms with van der Waals surface area (Å²) in [5.41, 5.74) is 14.7. The van der Waals surface area contributed by atoms with Crippen LogP contribution in [0.5, 0.6) is 5.75 Å². The van der Waals surface area contributed by atoms with Gasteiger partial charge in [-0.25, -0.2) is 15.0 Å². The molecule has 4 aromatic rings. The maximum absolute atomic E-state index is 10.7. The van der Waals surface area contributed by atoms with Gasteiger partial charge in [0, 0.05) is 125 Å². The first-order valence-corrected chi connectivity index (χ1v) is 20.2. The van der Waals surface area contributed by atoms with E-state index in [2.05, 4.69) is 77.3 Å². The topological polar surface area (TPSA) is 350 Å². The molecule has 0 atom stereocenters. The minimum absolute atomic E-state index is 0. The standard InChI is InChI=1S/C12H16N4O.2C8H7NO2.C7H5NO3.C4H13N3.CBr2O.CH2O3.2BrH.Co.2Cs.H/c1-17-12-6-10-8-14-4-2-13-3-5-15-9-11(7-12)16-10;2*1-6-2-7(4-10)9-8(3-6)5-11;9-3-5-1-7(11)2-6(4-10)8-5;5-1-3-7-4-2-6;2-1(3)4;2-1-4-3;;;;;;/h6-9,13H,2-5H2,1H3;2*2-5H,1H3;1-4H,(H,8,11);7H,1-6H2;;1,3H;2*1H;;;;/q;;;;;;;;;;2*+1;-1/p-3. The zero-order valence-corrected chi connectivity index (χ0v) is 58.6. The minimum Gasteiger partial charge on any atom is -1.00 e. The Morgan fingerprint density at radius 1 is 0.700 bits per heavy atom. The van der Waals surface area contributed by atoms with Crippen molar-refractivity contribution >= 4 is 92.1 Å². The SMILES string of the molecule is COc1cc2nc(c1)C=NCCNCCN=C2.Cc1cc(C=O)nc(C=O)c1.Cc1cc(C=O)nc(C=O)c1.NCCNCCN.O=C(Br)Br.O=CO[O-].O=Cc1cc(=O)cc(C=O)[nH]1.[Br-].[Br-].[Co].[Cs+].[Cs+].[H-]. The normalized spacial score (nSPS) is 9.83. The number of fused-ring (bicyclic) bond motifs is 2. The fraction of sp³-hybridized carbons (Fsp3) is 0.268. The Bertz CT molecular complexity index is 2040. The number of pyridine rings is 4. The second kappa shape index (κ2) is 57.3. The molecule has 0 aliphatic carbocycles. The summed E-state index contributed by atoms with van der Waals surface area (Å²) in [6.45, 7) is 9.79. The van der Waals surface area contributed by atoms with Gasteiger partial charge >= 0.3 is 138 Å². The number of aromatic amines is 1. The summed E-state index contributed by atoms with van der Waals surface area (Å²) in [4.78, 5) is 115. The number of hydrogen-bond donors (Lipinski definition) is 5. The number of nitrogens with zero attached hydrogens (tertiary/aromatic N) is 5. The van der Waals surface area contributed by atoms with Crippen LogP contribution in [-0.2, 0) is 26.5 Å². The molecule has 0 fully saturated rings. The zero-order chi connectivity index (χ0) is 49.3. The van der Waals surface area contributed by atoms with Gasteiger partial charge in [-0.1, -0.05) is 0 Å². The van der Waals surface area contributed by atoms with E-state index >= 15 is 0 Å². The van der Waals surface area contributed by atoms with Gasteiger partial charge in [0.25, 0.3) is 10.1 Å². The Hall–Kier alpha value is -0.970. The van der Waals surface area contributed by atoms with E-state index in [1.54, 1.807) is 43.8 Å². The molecule has 0 spiro atoms. The molecule has 4 aromatic heterocycles. The Labute approximate surface area is 571 Å². The summed E-state index contributed by atoms with van der Waals surface area (Å²) < 4.78 is 5.01. The molecule has 5 rings (SSSR count). The fourth-order valence-corrected chi connectivity index (χ4v) is 4.25. The van der Waals surface area contributed by atoms with Crippen molar-refractivity contribution in [3.8, 4) is 5.75 Å². The van der Waals surface area contributed by atoms with Gasteiger partial charge in [0.05, 0.1) is 43.0 Å². The number of halogens is 4. The molecule has 1 aliphatic heterocycles. The minimum atomic E-state index is -0.354. The van der Waals surface area contributed by atoms with Crippen molar-refractivity contribution in [2.75, 3.05) is 59.5 Å². The molecular weight excluding hydrogens is 1470 g/mol. The molecule has 377 valence electrons. The van der Waals surface area contributed by atoms with E-state index in [0.29, 0.717) is 73.6 Å². The quantitative estimate of drug-likeness (QED) is 0.0289. The van der Waals surface area contributed by atoms with Crippen LogP contribution in [0.3, 0.4) is 0 Å². The van der Waals surface area contributed by atoms with Crippen molar-refractivity contribution < 1.29 is 243 Å². The molecule has 0 amide bonds. The van der Waals surface area contributed by atoms with Gasteiger partial charge in [-0.05, 0) is 49.2 Å². The third kappa shape index (κ3) is 48.0. The molecule has 0 saturated carbocycles. The van der Waals surface area contributed by atoms with E-state index in [0.717, 1.165) is 79.7 Å². The number of rotatable bonds is 12. The predicted octanol–water partition coefficient (Wildman–Crippen LogP) is -10.5. The van der Waals surface area contributed by atoms with Gasteiger partial charge in [0.15, 0.2) is 43.1 Å². The molecule has 0 saturated heterocycles. The van der Waals surface area contributed by atoms with Crippen molar-refractivity contribution in [2.45, 2.75) is 13.8 Å². The van der Waals surface area contributed by atoms with Gasteiger partial charge < -0.3 is 77.4 Å². The average molecular weight is 1520 g/mol. The second-order valence-corrected chi connectivity index (χ2v) is 14.3. The van der Waals surface area contributed by atoms with Gasteiger partial charge in [-0.2, -0.15) is 0 Å². The van der Waals surface area contributed by atoms with Crippen molar-refractivity contribution in [3.63, 3.8) is 0 Å². The van der Waals surface area contributed by atoms with E-state index in [-0.39, 0.29) is 217 Å². The number of methoxy groups -OCH3 is 1. The van der Waals surface area contributed by atoms with Crippen LogP contribution >= 0.6 is 31.9 Å². The summed E-state index contributed by atoms with van der Waals surface area (Å²) in [5, 5.41) is 14.7. The van der Waals surface area contributed by atoms with E-state index < -0.39 is 0 Å². The predicted molar refractivity (Wildman–Crippen MR) is 248 cm³/mol. The van der Waals surface area contributed by atoms with Crippen molar-refractivity contribution in [1.82, 2.24) is 30.6 Å². The average Bonchev–Trinajstić information content (AvgIpc) is 3.30. The van der Waals surface area contributed by atoms with E-state index in [4.69, 9.17) is 26.3 Å². The second-order valence-electron chi connectivity index (χ2n) is 11.8. The Balaban J connectivity index is -0.000000112. The van der Waals surface area contributed by atoms with Crippen LogP contribution in [0.2, 0.25) is 0 Å². The molecular formula is C41H50Br4CoCs2N10O12-2. The molecule has 1 radical (unpaired) electrons. The third-order valence-corrected chi connectivity index (χ3v) is 6.68. The van der Waals surface area contributed by atoms with Gasteiger partial charge in [-0.3, -0.25) is 53.1 Å². The molecule has 7 N–H and O–H groups in total. The number of aliphatic imine (C=N–C) groups is 2. The van der Waals surface area contributed by atoms with Crippen LogP contribution in [0.15, 0.2) is 63.3 Å². The van der Waals surface area contributed by atoms with Crippen LogP contribution in [0.4, 0.5) is 4.79 Å². The number of carbonyl (C=O) groups is 8. The molecule has 5 heterocycles. The first-order valence-electron chi connectivity index (χ1n) is 18.6. The van der Waals surface area contributed by atoms with Crippen LogP contribution < -0.4 is 209 Å². The zero-order valence-electron chi connectivity index (χ0n) is 39.6. The Morgan fingerprint density at radius 2 is 1.04 bits per heavy atom. The Kier molecular flexibility index (Phi) is 68.0. The van der Waals surface area contributed by atoms with E-state index in [1.807, 2.05) is 26.0 Å². The van der Waals surface area contributed by atoms with Crippen molar-refractivity contribution in [2.24, 2.45) is 21.5 Å². The number of nitrogens with two attached hydrogens (primary N) is 2. The first-order chi connectivity index (χ1) is 31.2.